The molecule has 0 unspecified atom stereocenters. The summed E-state index contributed by atoms with van der Waals surface area (Å²) in [5.41, 5.74) is -0.718. The minimum absolute atomic E-state index is 0.0946. The lowest BCUT2D eigenvalue weighted by Gasteiger charge is -2.06. The molecule has 2 heterocycles. The zero-order valence-corrected chi connectivity index (χ0v) is 13.9. The lowest BCUT2D eigenvalue weighted by molar-refractivity contribution is -0.140. The van der Waals surface area contributed by atoms with Gasteiger partial charge in [-0.2, -0.15) is 13.2 Å². The summed E-state index contributed by atoms with van der Waals surface area (Å²) in [5.74, 6) is -0.834. The molecule has 0 spiro atoms. The van der Waals surface area contributed by atoms with Gasteiger partial charge in [0.2, 0.25) is 0 Å². The highest BCUT2D eigenvalue weighted by atomic mass is 35.5. The summed E-state index contributed by atoms with van der Waals surface area (Å²) in [5, 5.41) is 2.78. The van der Waals surface area contributed by atoms with Crippen molar-refractivity contribution in [3.63, 3.8) is 0 Å². The molecule has 3 rings (SSSR count). The Bertz CT molecular complexity index is 895. The van der Waals surface area contributed by atoms with E-state index < -0.39 is 22.7 Å². The van der Waals surface area contributed by atoms with Gasteiger partial charge in [0.25, 0.3) is 5.91 Å². The zero-order valence-electron chi connectivity index (χ0n) is 12.3. The molecule has 25 heavy (non-hydrogen) atoms. The van der Waals surface area contributed by atoms with Gasteiger partial charge in [0.05, 0.1) is 5.02 Å². The first kappa shape index (κ1) is 17.4. The monoisotopic (exact) mass is 383 g/mol. The molecule has 0 saturated carbocycles. The lowest BCUT2D eigenvalue weighted by Crippen LogP contribution is -2.17. The molecule has 1 amide bonds. The van der Waals surface area contributed by atoms with Gasteiger partial charge in [-0.05, 0) is 12.1 Å². The van der Waals surface area contributed by atoms with Gasteiger partial charge in [-0.15, -0.1) is 11.3 Å². The van der Waals surface area contributed by atoms with Gasteiger partial charge in [0.1, 0.15) is 15.7 Å². The van der Waals surface area contributed by atoms with E-state index in [1.54, 1.807) is 30.3 Å². The number of pyridine rings is 1. The maximum Gasteiger partial charge on any atom is 0.435 e. The Labute approximate surface area is 149 Å². The van der Waals surface area contributed by atoms with Crippen LogP contribution in [-0.2, 0) is 6.18 Å². The van der Waals surface area contributed by atoms with Crippen LogP contribution in [0.1, 0.15) is 15.4 Å². The van der Waals surface area contributed by atoms with Crippen molar-refractivity contribution in [1.29, 1.82) is 0 Å². The number of nitrogens with one attached hydrogen (secondary N) is 1. The van der Waals surface area contributed by atoms with Gasteiger partial charge in [0.15, 0.2) is 5.69 Å². The second kappa shape index (κ2) is 6.81. The number of anilines is 1. The molecule has 0 aliphatic rings. The normalized spacial score (nSPS) is 11.4. The Balaban J connectivity index is 1.97. The van der Waals surface area contributed by atoms with Crippen molar-refractivity contribution in [2.75, 3.05) is 5.32 Å². The number of benzene rings is 1. The third kappa shape index (κ3) is 3.97. The molecule has 0 aliphatic heterocycles. The maximum absolute atomic E-state index is 13.3. The van der Waals surface area contributed by atoms with E-state index in [1.807, 2.05) is 0 Å². The van der Waals surface area contributed by atoms with E-state index in [9.17, 15) is 18.0 Å². The van der Waals surface area contributed by atoms with Crippen LogP contribution >= 0.6 is 22.9 Å². The van der Waals surface area contributed by atoms with Crippen LogP contribution in [-0.4, -0.2) is 15.9 Å². The molecule has 0 aliphatic carbocycles. The smallest absolute Gasteiger partial charge is 0.306 e. The van der Waals surface area contributed by atoms with Gasteiger partial charge >= 0.3 is 6.18 Å². The molecule has 0 saturated heterocycles. The number of nitrogens with zero attached hydrogens (tertiary/aromatic N) is 2. The fourth-order valence-corrected chi connectivity index (χ4v) is 3.09. The standard InChI is InChI=1S/C16H9ClF3N3OS/c17-10-6-7-11(21-8-10)22-14(24)12-13(16(18,19)20)23-15(25-12)9-4-2-1-3-5-9/h1-8H,(H,21,22,24). The van der Waals surface area contributed by atoms with Crippen molar-refractivity contribution in [1.82, 2.24) is 9.97 Å². The van der Waals surface area contributed by atoms with Crippen LogP contribution in [0.3, 0.4) is 0 Å². The molecule has 0 radical (unpaired) electrons. The number of hydrogen-bond donors (Lipinski definition) is 1. The van der Waals surface area contributed by atoms with Gasteiger partial charge < -0.3 is 5.32 Å². The number of amides is 1. The van der Waals surface area contributed by atoms with E-state index >= 15 is 0 Å². The number of thiazole rings is 1. The first-order valence-electron chi connectivity index (χ1n) is 6.91. The number of halogens is 4. The van der Waals surface area contributed by atoms with Gasteiger partial charge in [0, 0.05) is 11.8 Å². The first-order valence-corrected chi connectivity index (χ1v) is 8.10. The number of aromatic nitrogens is 2. The summed E-state index contributed by atoms with van der Waals surface area (Å²) >= 11 is 6.36. The third-order valence-corrected chi connectivity index (χ3v) is 4.42. The molecule has 2 aromatic heterocycles. The number of alkyl halides is 3. The fourth-order valence-electron chi connectivity index (χ4n) is 1.99. The van der Waals surface area contributed by atoms with Crippen molar-refractivity contribution in [2.45, 2.75) is 6.18 Å². The average Bonchev–Trinajstić information content (AvgIpc) is 3.04. The van der Waals surface area contributed by atoms with Crippen LogP contribution < -0.4 is 5.32 Å². The van der Waals surface area contributed by atoms with Gasteiger partial charge in [-0.3, -0.25) is 4.79 Å². The van der Waals surface area contributed by atoms with E-state index in [0.29, 0.717) is 21.9 Å². The summed E-state index contributed by atoms with van der Waals surface area (Å²) in [4.78, 5) is 19.2. The van der Waals surface area contributed by atoms with E-state index in [2.05, 4.69) is 15.3 Å². The fraction of sp³-hybridized carbons (Fsp3) is 0.0625. The van der Waals surface area contributed by atoms with Crippen LogP contribution in [0.5, 0.6) is 0 Å². The zero-order chi connectivity index (χ0) is 18.0. The highest BCUT2D eigenvalue weighted by Crippen LogP contribution is 2.37. The lowest BCUT2D eigenvalue weighted by atomic mass is 10.2. The van der Waals surface area contributed by atoms with E-state index in [0.717, 1.165) is 0 Å². The summed E-state index contributed by atoms with van der Waals surface area (Å²) in [6.07, 6.45) is -3.46. The minimum atomic E-state index is -4.75. The highest BCUT2D eigenvalue weighted by Gasteiger charge is 2.39. The van der Waals surface area contributed by atoms with Crippen LogP contribution in [0.2, 0.25) is 5.02 Å². The molecule has 4 nitrogen and oxygen atoms in total. The quantitative estimate of drug-likeness (QED) is 0.682. The van der Waals surface area contributed by atoms with E-state index in [4.69, 9.17) is 11.6 Å². The minimum Gasteiger partial charge on any atom is -0.306 e. The number of carbonyl (C=O) groups is 1. The van der Waals surface area contributed by atoms with Crippen LogP contribution in [0.4, 0.5) is 19.0 Å². The molecular weight excluding hydrogens is 375 g/mol. The second-order valence-corrected chi connectivity index (χ2v) is 6.31. The molecule has 3 aromatic rings. The Hall–Kier alpha value is -2.45. The van der Waals surface area contributed by atoms with E-state index in [-0.39, 0.29) is 10.8 Å². The van der Waals surface area contributed by atoms with Crippen LogP contribution in [0, 0.1) is 0 Å². The number of hydrogen-bond acceptors (Lipinski definition) is 4. The molecule has 1 N–H and O–H groups in total. The molecular formula is C16H9ClF3N3OS. The predicted molar refractivity (Wildman–Crippen MR) is 89.8 cm³/mol. The third-order valence-electron chi connectivity index (χ3n) is 3.09. The Morgan fingerprint density at radius 3 is 2.44 bits per heavy atom. The average molecular weight is 384 g/mol. The SMILES string of the molecule is O=C(Nc1ccc(Cl)cn1)c1sc(-c2ccccc2)nc1C(F)(F)F. The Kier molecular flexibility index (Phi) is 4.73. The Morgan fingerprint density at radius 2 is 1.84 bits per heavy atom. The molecule has 9 heteroatoms. The summed E-state index contributed by atoms with van der Waals surface area (Å²) in [6, 6.07) is 11.2. The molecule has 0 fully saturated rings. The second-order valence-electron chi connectivity index (χ2n) is 4.88. The largest absolute Gasteiger partial charge is 0.435 e. The summed E-state index contributed by atoms with van der Waals surface area (Å²) < 4.78 is 39.8. The number of carbonyl (C=O) groups excluding carboxylic acids is 1. The summed E-state index contributed by atoms with van der Waals surface area (Å²) in [7, 11) is 0. The highest BCUT2D eigenvalue weighted by molar-refractivity contribution is 7.17. The molecule has 1 aromatic carbocycles. The summed E-state index contributed by atoms with van der Waals surface area (Å²) in [6.45, 7) is 0. The van der Waals surface area contributed by atoms with Gasteiger partial charge in [-0.25, -0.2) is 9.97 Å². The number of rotatable bonds is 3. The predicted octanol–water partition coefficient (Wildman–Crippen LogP) is 5.13. The van der Waals surface area contributed by atoms with Crippen molar-refractivity contribution < 1.29 is 18.0 Å². The molecule has 128 valence electrons. The van der Waals surface area contributed by atoms with E-state index in [1.165, 1.54) is 18.3 Å². The topological polar surface area (TPSA) is 54.9 Å². The maximum atomic E-state index is 13.3. The first-order chi connectivity index (χ1) is 11.8. The van der Waals surface area contributed by atoms with Gasteiger partial charge in [-0.1, -0.05) is 41.9 Å². The van der Waals surface area contributed by atoms with Crippen molar-refractivity contribution in [2.24, 2.45) is 0 Å². The molecule has 0 bridgehead atoms. The van der Waals surface area contributed by atoms with Crippen molar-refractivity contribution in [3.05, 3.63) is 64.3 Å². The van der Waals surface area contributed by atoms with Crippen LogP contribution in [0.25, 0.3) is 10.6 Å². The Morgan fingerprint density at radius 1 is 1.12 bits per heavy atom. The van der Waals surface area contributed by atoms with Crippen molar-refractivity contribution in [3.8, 4) is 10.6 Å². The van der Waals surface area contributed by atoms with Crippen LogP contribution in [0.15, 0.2) is 48.7 Å². The van der Waals surface area contributed by atoms with Crippen molar-refractivity contribution >= 4 is 34.7 Å². The molecule has 0 atom stereocenters.